The number of carboxylic acids is 1. The molecule has 1 aromatic heterocycles. The molecule has 1 saturated heterocycles. The first kappa shape index (κ1) is 31.1. The molecule has 11 heteroatoms. The van der Waals surface area contributed by atoms with Crippen molar-refractivity contribution >= 4 is 57.9 Å². The van der Waals surface area contributed by atoms with Crippen LogP contribution in [-0.2, 0) is 14.4 Å². The van der Waals surface area contributed by atoms with Crippen molar-refractivity contribution in [3.8, 4) is 10.4 Å². The number of nitrogens with zero attached hydrogens (tertiary/aromatic N) is 2. The van der Waals surface area contributed by atoms with E-state index in [0.29, 0.717) is 18.4 Å². The van der Waals surface area contributed by atoms with E-state index in [1.165, 1.54) is 29.2 Å². The van der Waals surface area contributed by atoms with Crippen LogP contribution in [0.1, 0.15) is 62.2 Å². The van der Waals surface area contributed by atoms with Crippen LogP contribution in [0.5, 0.6) is 0 Å². The van der Waals surface area contributed by atoms with Gasteiger partial charge in [0.25, 0.3) is 11.7 Å². The van der Waals surface area contributed by atoms with Crippen LogP contribution in [0.3, 0.4) is 0 Å². The van der Waals surface area contributed by atoms with Crippen LogP contribution in [-0.4, -0.2) is 61.7 Å². The van der Waals surface area contributed by atoms with Crippen molar-refractivity contribution < 1.29 is 28.7 Å². The van der Waals surface area contributed by atoms with Gasteiger partial charge < -0.3 is 15.3 Å². The van der Waals surface area contributed by atoms with Crippen LogP contribution in [0.4, 0.5) is 4.39 Å². The number of halogens is 2. The lowest BCUT2D eigenvalue weighted by Crippen LogP contribution is -2.59. The van der Waals surface area contributed by atoms with Gasteiger partial charge in [0.1, 0.15) is 6.04 Å². The number of fused-ring (bicyclic) bond motifs is 1. The fourth-order valence-electron chi connectivity index (χ4n) is 5.32. The van der Waals surface area contributed by atoms with Gasteiger partial charge in [-0.2, -0.15) is 0 Å². The Morgan fingerprint density at radius 3 is 2.66 bits per heavy atom. The minimum atomic E-state index is -3.01. The standard InChI is InChI=1S/C30H35FIN3O5S/c1-20-11-7-4-2-3-5-10-14-26(36)34-17-21(15-24(34)27(37)33-30(20,31)29(39)40)18-35(32)28(38)23-16-25(41-19-23)22-12-8-6-9-13-22/h6-9,11-13,16,19-21,24H,2-5,10,14-15,17-18H2,1H3,(H,33,37)(H,39,40)/b11-7-/t20-,21+,24-,30+/m0/s1. The van der Waals surface area contributed by atoms with E-state index >= 15 is 4.39 Å². The molecule has 0 bridgehead atoms. The molecule has 1 fully saturated rings. The Morgan fingerprint density at radius 1 is 1.20 bits per heavy atom. The normalized spacial score (nSPS) is 26.8. The number of hydrogen-bond donors (Lipinski definition) is 2. The number of alkyl halides is 1. The van der Waals surface area contributed by atoms with E-state index in [0.717, 1.165) is 29.7 Å². The van der Waals surface area contributed by atoms with Crippen LogP contribution in [0.15, 0.2) is 53.9 Å². The zero-order valence-corrected chi connectivity index (χ0v) is 25.9. The van der Waals surface area contributed by atoms with Crippen LogP contribution in [0.2, 0.25) is 0 Å². The molecule has 4 rings (SSSR count). The first-order chi connectivity index (χ1) is 19.6. The second kappa shape index (κ2) is 13.9. The quantitative estimate of drug-likeness (QED) is 0.177. The van der Waals surface area contributed by atoms with Crippen molar-refractivity contribution in [2.24, 2.45) is 11.8 Å². The summed E-state index contributed by atoms with van der Waals surface area (Å²) in [7, 11) is 0. The third-order valence-corrected chi connectivity index (χ3v) is 9.55. The van der Waals surface area contributed by atoms with E-state index in [-0.39, 0.29) is 43.7 Å². The molecule has 3 amide bonds. The summed E-state index contributed by atoms with van der Waals surface area (Å²) in [4.78, 5) is 54.2. The number of allylic oxidation sites excluding steroid dienone is 1. The van der Waals surface area contributed by atoms with E-state index in [1.807, 2.05) is 64.6 Å². The summed E-state index contributed by atoms with van der Waals surface area (Å²) in [5.74, 6) is -7.38. The van der Waals surface area contributed by atoms with Gasteiger partial charge in [0.05, 0.1) is 28.4 Å². The highest BCUT2D eigenvalue weighted by Gasteiger charge is 2.48. The van der Waals surface area contributed by atoms with Gasteiger partial charge in [-0.3, -0.25) is 17.5 Å². The van der Waals surface area contributed by atoms with Crippen LogP contribution < -0.4 is 5.32 Å². The molecule has 3 heterocycles. The second-order valence-electron chi connectivity index (χ2n) is 10.8. The lowest BCUT2D eigenvalue weighted by Gasteiger charge is -2.30. The minimum absolute atomic E-state index is 0.182. The van der Waals surface area contributed by atoms with Gasteiger partial charge in [0, 0.05) is 35.7 Å². The first-order valence-electron chi connectivity index (χ1n) is 13.9. The molecule has 41 heavy (non-hydrogen) atoms. The molecular formula is C30H35FIN3O5S. The highest BCUT2D eigenvalue weighted by Crippen LogP contribution is 2.31. The number of benzene rings is 1. The molecule has 0 radical (unpaired) electrons. The Morgan fingerprint density at radius 2 is 1.93 bits per heavy atom. The summed E-state index contributed by atoms with van der Waals surface area (Å²) < 4.78 is 17.3. The maximum atomic E-state index is 15.7. The second-order valence-corrected chi connectivity index (χ2v) is 12.8. The number of thiophene rings is 1. The van der Waals surface area contributed by atoms with Crippen molar-refractivity contribution in [3.63, 3.8) is 0 Å². The monoisotopic (exact) mass is 695 g/mol. The minimum Gasteiger partial charge on any atom is -0.477 e. The third kappa shape index (κ3) is 7.54. The van der Waals surface area contributed by atoms with E-state index < -0.39 is 29.6 Å². The average Bonchev–Trinajstić information content (AvgIpc) is 3.61. The number of hydrogen-bond acceptors (Lipinski definition) is 5. The highest BCUT2D eigenvalue weighted by molar-refractivity contribution is 14.1. The number of carboxylic acid groups (broad SMARTS) is 1. The molecule has 220 valence electrons. The predicted molar refractivity (Wildman–Crippen MR) is 164 cm³/mol. The molecular weight excluding hydrogens is 660 g/mol. The summed E-state index contributed by atoms with van der Waals surface area (Å²) in [6, 6.07) is 10.6. The average molecular weight is 696 g/mol. The Hall–Kier alpha value is -2.80. The first-order valence-corrected chi connectivity index (χ1v) is 15.8. The molecule has 0 saturated carbocycles. The molecule has 2 N–H and O–H groups in total. The molecule has 2 aromatic rings. The van der Waals surface area contributed by atoms with E-state index in [9.17, 15) is 24.3 Å². The number of aliphatic carboxylic acids is 1. The Labute approximate surface area is 257 Å². The Kier molecular flexibility index (Phi) is 10.6. The van der Waals surface area contributed by atoms with Gasteiger partial charge in [-0.1, -0.05) is 62.2 Å². The van der Waals surface area contributed by atoms with E-state index in [2.05, 4.69) is 5.32 Å². The fraction of sp³-hybridized carbons (Fsp3) is 0.467. The molecule has 2 aliphatic heterocycles. The van der Waals surface area contributed by atoms with Crippen molar-refractivity contribution in [1.29, 1.82) is 0 Å². The zero-order chi connectivity index (χ0) is 29.6. The topological polar surface area (TPSA) is 107 Å². The number of nitrogens with one attached hydrogen (secondary N) is 1. The molecule has 0 unspecified atom stereocenters. The predicted octanol–water partition coefficient (Wildman–Crippen LogP) is 5.84. The molecule has 1 aromatic carbocycles. The number of carbonyl (C=O) groups excluding carboxylic acids is 3. The number of carbonyl (C=O) groups is 4. The van der Waals surface area contributed by atoms with Crippen molar-refractivity contribution in [2.75, 3.05) is 13.1 Å². The van der Waals surface area contributed by atoms with Crippen LogP contribution in [0, 0.1) is 11.8 Å². The highest BCUT2D eigenvalue weighted by atomic mass is 127. The summed E-state index contributed by atoms with van der Waals surface area (Å²) in [5.41, 5.74) is 1.58. The molecule has 4 atom stereocenters. The van der Waals surface area contributed by atoms with Gasteiger partial charge in [0.2, 0.25) is 11.8 Å². The van der Waals surface area contributed by atoms with Crippen molar-refractivity contribution in [2.45, 2.75) is 63.7 Å². The summed E-state index contributed by atoms with van der Waals surface area (Å²) in [5, 5.41) is 13.6. The van der Waals surface area contributed by atoms with Crippen LogP contribution >= 0.6 is 34.2 Å². The molecule has 0 aliphatic carbocycles. The van der Waals surface area contributed by atoms with Gasteiger partial charge >= 0.3 is 5.97 Å². The summed E-state index contributed by atoms with van der Waals surface area (Å²) in [6.45, 7) is 1.92. The van der Waals surface area contributed by atoms with E-state index in [4.69, 9.17) is 0 Å². The maximum absolute atomic E-state index is 15.7. The Balaban J connectivity index is 1.49. The Bertz CT molecular complexity index is 1290. The zero-order valence-electron chi connectivity index (χ0n) is 22.9. The largest absolute Gasteiger partial charge is 0.477 e. The lowest BCUT2D eigenvalue weighted by molar-refractivity contribution is -0.160. The maximum Gasteiger partial charge on any atom is 0.363 e. The van der Waals surface area contributed by atoms with Crippen molar-refractivity contribution in [1.82, 2.24) is 13.3 Å². The van der Waals surface area contributed by atoms with Crippen LogP contribution in [0.25, 0.3) is 10.4 Å². The van der Waals surface area contributed by atoms with Gasteiger partial charge in [0.15, 0.2) is 0 Å². The summed E-state index contributed by atoms with van der Waals surface area (Å²) >= 11 is 3.44. The van der Waals surface area contributed by atoms with Crippen molar-refractivity contribution in [3.05, 3.63) is 59.5 Å². The number of amides is 3. The third-order valence-electron chi connectivity index (χ3n) is 7.73. The molecule has 2 aliphatic rings. The van der Waals surface area contributed by atoms with E-state index in [1.54, 1.807) is 9.19 Å². The number of rotatable bonds is 5. The molecule has 8 nitrogen and oxygen atoms in total. The molecule has 0 spiro atoms. The lowest BCUT2D eigenvalue weighted by atomic mass is 9.96. The van der Waals surface area contributed by atoms with Gasteiger partial charge in [-0.15, -0.1) is 11.3 Å². The van der Waals surface area contributed by atoms with Gasteiger partial charge in [-0.25, -0.2) is 9.18 Å². The smallest absolute Gasteiger partial charge is 0.363 e. The van der Waals surface area contributed by atoms with Gasteiger partial charge in [-0.05, 0) is 43.2 Å². The summed E-state index contributed by atoms with van der Waals surface area (Å²) in [6.07, 6.45) is 7.64. The fourth-order valence-corrected chi connectivity index (χ4v) is 7.05. The SMILES string of the molecule is C[C@H]1/C=C\CCCCCCC(=O)N2C[C@H](CN(I)C(=O)c3csc(-c4ccccc4)c3)C[C@H]2C(=O)N[C@@]1(F)C(=O)O.